The standard InChI is InChI=1S/C14H10Br2F2/c1-8-2-3-9(15)6-12(8)14(16)11-5-4-10(17)7-13(11)18/h2-7,14H,1H3. The van der Waals surface area contributed by atoms with Crippen LogP contribution in [0.1, 0.15) is 21.5 Å². The second-order valence-electron chi connectivity index (χ2n) is 4.03. The average Bonchev–Trinajstić information content (AvgIpc) is 2.31. The molecule has 0 fully saturated rings. The third kappa shape index (κ3) is 2.81. The van der Waals surface area contributed by atoms with Gasteiger partial charge < -0.3 is 0 Å². The summed E-state index contributed by atoms with van der Waals surface area (Å²) in [4.78, 5) is -0.296. The molecule has 0 saturated carbocycles. The van der Waals surface area contributed by atoms with E-state index in [0.717, 1.165) is 21.7 Å². The van der Waals surface area contributed by atoms with Gasteiger partial charge in [-0.1, -0.05) is 44.0 Å². The van der Waals surface area contributed by atoms with Crippen molar-refractivity contribution in [2.75, 3.05) is 0 Å². The summed E-state index contributed by atoms with van der Waals surface area (Å²) in [6.45, 7) is 1.96. The molecule has 0 N–H and O–H groups in total. The predicted molar refractivity (Wildman–Crippen MR) is 76.0 cm³/mol. The number of aryl methyl sites for hydroxylation is 1. The topological polar surface area (TPSA) is 0 Å². The number of benzene rings is 2. The van der Waals surface area contributed by atoms with Crippen LogP contribution < -0.4 is 0 Å². The molecule has 0 bridgehead atoms. The van der Waals surface area contributed by atoms with Gasteiger partial charge in [0.1, 0.15) is 11.6 Å². The Hall–Kier alpha value is -0.740. The first-order valence-corrected chi connectivity index (χ1v) is 7.05. The van der Waals surface area contributed by atoms with Gasteiger partial charge in [-0.2, -0.15) is 0 Å². The second kappa shape index (κ2) is 5.49. The summed E-state index contributed by atoms with van der Waals surface area (Å²) in [7, 11) is 0. The number of alkyl halides is 1. The first kappa shape index (κ1) is 13.7. The smallest absolute Gasteiger partial charge is 0.130 e. The Kier molecular flexibility index (Phi) is 4.17. The average molecular weight is 376 g/mol. The maximum atomic E-state index is 13.7. The van der Waals surface area contributed by atoms with E-state index in [1.807, 2.05) is 25.1 Å². The van der Waals surface area contributed by atoms with Crippen LogP contribution in [0, 0.1) is 18.6 Å². The van der Waals surface area contributed by atoms with Gasteiger partial charge in [0.2, 0.25) is 0 Å². The quantitative estimate of drug-likeness (QED) is 0.606. The summed E-state index contributed by atoms with van der Waals surface area (Å²) in [5, 5.41) is 0. The van der Waals surface area contributed by atoms with Crippen LogP contribution in [0.25, 0.3) is 0 Å². The lowest BCUT2D eigenvalue weighted by molar-refractivity contribution is 0.574. The molecule has 0 nitrogen and oxygen atoms in total. The van der Waals surface area contributed by atoms with Crippen LogP contribution in [0.3, 0.4) is 0 Å². The second-order valence-corrected chi connectivity index (χ2v) is 5.86. The molecule has 0 spiro atoms. The Morgan fingerprint density at radius 3 is 2.39 bits per heavy atom. The number of hydrogen-bond acceptors (Lipinski definition) is 0. The minimum Gasteiger partial charge on any atom is -0.207 e. The minimum atomic E-state index is -0.568. The highest BCUT2D eigenvalue weighted by Gasteiger charge is 2.17. The Labute approximate surface area is 121 Å². The van der Waals surface area contributed by atoms with E-state index in [2.05, 4.69) is 31.9 Å². The van der Waals surface area contributed by atoms with E-state index in [9.17, 15) is 8.78 Å². The highest BCUT2D eigenvalue weighted by molar-refractivity contribution is 9.10. The van der Waals surface area contributed by atoms with Crippen molar-refractivity contribution < 1.29 is 8.78 Å². The highest BCUT2D eigenvalue weighted by Crippen LogP contribution is 2.35. The van der Waals surface area contributed by atoms with Gasteiger partial charge in [-0.25, -0.2) is 8.78 Å². The Morgan fingerprint density at radius 2 is 1.72 bits per heavy atom. The molecular formula is C14H10Br2F2. The lowest BCUT2D eigenvalue weighted by Crippen LogP contribution is -1.99. The molecule has 2 rings (SSSR count). The van der Waals surface area contributed by atoms with E-state index in [4.69, 9.17) is 0 Å². The summed E-state index contributed by atoms with van der Waals surface area (Å²) < 4.78 is 27.6. The Morgan fingerprint density at radius 1 is 1.00 bits per heavy atom. The fourth-order valence-corrected chi connectivity index (χ4v) is 3.00. The molecule has 0 saturated heterocycles. The molecule has 94 valence electrons. The molecule has 0 radical (unpaired) electrons. The van der Waals surface area contributed by atoms with Crippen molar-refractivity contribution in [3.63, 3.8) is 0 Å². The summed E-state index contributed by atoms with van der Waals surface area (Å²) in [5.74, 6) is -1.11. The third-order valence-electron chi connectivity index (χ3n) is 2.75. The summed E-state index contributed by atoms with van der Waals surface area (Å²) in [6, 6.07) is 9.44. The minimum absolute atomic E-state index is 0.296. The SMILES string of the molecule is Cc1ccc(Br)cc1C(Br)c1ccc(F)cc1F. The summed E-state index contributed by atoms with van der Waals surface area (Å²) >= 11 is 6.86. The van der Waals surface area contributed by atoms with E-state index in [1.165, 1.54) is 12.1 Å². The number of rotatable bonds is 2. The molecule has 2 aromatic rings. The normalized spacial score (nSPS) is 12.5. The molecular weight excluding hydrogens is 366 g/mol. The van der Waals surface area contributed by atoms with Crippen molar-refractivity contribution in [1.82, 2.24) is 0 Å². The predicted octanol–water partition coefficient (Wildman–Crippen LogP) is 5.52. The van der Waals surface area contributed by atoms with Crippen LogP contribution in [0.15, 0.2) is 40.9 Å². The van der Waals surface area contributed by atoms with Crippen LogP contribution in [-0.4, -0.2) is 0 Å². The van der Waals surface area contributed by atoms with Crippen LogP contribution in [-0.2, 0) is 0 Å². The van der Waals surface area contributed by atoms with Crippen LogP contribution >= 0.6 is 31.9 Å². The molecule has 0 aromatic heterocycles. The molecule has 1 unspecified atom stereocenters. The van der Waals surface area contributed by atoms with Crippen LogP contribution in [0.2, 0.25) is 0 Å². The zero-order chi connectivity index (χ0) is 13.3. The molecule has 0 aliphatic heterocycles. The van der Waals surface area contributed by atoms with Crippen LogP contribution in [0.5, 0.6) is 0 Å². The molecule has 0 amide bonds. The molecule has 0 heterocycles. The third-order valence-corrected chi connectivity index (χ3v) is 4.23. The zero-order valence-electron chi connectivity index (χ0n) is 9.55. The molecule has 4 heteroatoms. The maximum Gasteiger partial charge on any atom is 0.130 e. The van der Waals surface area contributed by atoms with Gasteiger partial charge in [0.05, 0.1) is 4.83 Å². The number of hydrogen-bond donors (Lipinski definition) is 0. The Bertz CT molecular complexity index is 582. The monoisotopic (exact) mass is 374 g/mol. The van der Waals surface area contributed by atoms with Crippen molar-refractivity contribution in [1.29, 1.82) is 0 Å². The van der Waals surface area contributed by atoms with Crippen molar-refractivity contribution in [2.45, 2.75) is 11.8 Å². The molecule has 18 heavy (non-hydrogen) atoms. The molecule has 0 aliphatic rings. The van der Waals surface area contributed by atoms with E-state index < -0.39 is 11.6 Å². The van der Waals surface area contributed by atoms with E-state index in [0.29, 0.717) is 5.56 Å². The molecule has 0 aliphatic carbocycles. The first-order valence-electron chi connectivity index (χ1n) is 5.34. The zero-order valence-corrected chi connectivity index (χ0v) is 12.7. The van der Waals surface area contributed by atoms with Crippen molar-refractivity contribution in [2.24, 2.45) is 0 Å². The van der Waals surface area contributed by atoms with Gasteiger partial charge in [0.15, 0.2) is 0 Å². The molecule has 1 atom stereocenters. The fourth-order valence-electron chi connectivity index (χ4n) is 1.76. The van der Waals surface area contributed by atoms with Gasteiger partial charge in [0, 0.05) is 16.1 Å². The fraction of sp³-hybridized carbons (Fsp3) is 0.143. The first-order chi connectivity index (χ1) is 8.49. The van der Waals surface area contributed by atoms with Gasteiger partial charge in [-0.15, -0.1) is 0 Å². The lowest BCUT2D eigenvalue weighted by atomic mass is 10.00. The van der Waals surface area contributed by atoms with Crippen molar-refractivity contribution in [3.05, 3.63) is 69.2 Å². The van der Waals surface area contributed by atoms with Gasteiger partial charge in [0.25, 0.3) is 0 Å². The maximum absolute atomic E-state index is 13.7. The van der Waals surface area contributed by atoms with Gasteiger partial charge in [-0.3, -0.25) is 0 Å². The lowest BCUT2D eigenvalue weighted by Gasteiger charge is -2.15. The van der Waals surface area contributed by atoms with Crippen molar-refractivity contribution >= 4 is 31.9 Å². The number of halogens is 4. The van der Waals surface area contributed by atoms with Gasteiger partial charge in [-0.05, 0) is 36.2 Å². The van der Waals surface area contributed by atoms with E-state index >= 15 is 0 Å². The van der Waals surface area contributed by atoms with E-state index in [1.54, 1.807) is 0 Å². The summed E-state index contributed by atoms with van der Waals surface area (Å²) in [5.41, 5.74) is 2.43. The Balaban J connectivity index is 2.47. The van der Waals surface area contributed by atoms with Crippen molar-refractivity contribution in [3.8, 4) is 0 Å². The summed E-state index contributed by atoms with van der Waals surface area (Å²) in [6.07, 6.45) is 0. The highest BCUT2D eigenvalue weighted by atomic mass is 79.9. The molecule has 2 aromatic carbocycles. The van der Waals surface area contributed by atoms with Crippen LogP contribution in [0.4, 0.5) is 8.78 Å². The van der Waals surface area contributed by atoms with Gasteiger partial charge >= 0.3 is 0 Å². The van der Waals surface area contributed by atoms with E-state index in [-0.39, 0.29) is 4.83 Å². The largest absolute Gasteiger partial charge is 0.207 e.